The molecule has 0 aromatic heterocycles. The van der Waals surface area contributed by atoms with E-state index in [-0.39, 0.29) is 17.7 Å². The SMILES string of the molecule is CCCC/C(=N\NC(=O)c1ccc(NC(=O)C(C)C)cc1)c1ccccc1. The lowest BCUT2D eigenvalue weighted by molar-refractivity contribution is -0.118. The molecule has 0 heterocycles. The zero-order chi connectivity index (χ0) is 19.6. The highest BCUT2D eigenvalue weighted by Gasteiger charge is 2.09. The van der Waals surface area contributed by atoms with Crippen LogP contribution in [0.15, 0.2) is 59.7 Å². The van der Waals surface area contributed by atoms with E-state index in [4.69, 9.17) is 0 Å². The van der Waals surface area contributed by atoms with Crippen molar-refractivity contribution in [1.82, 2.24) is 5.43 Å². The highest BCUT2D eigenvalue weighted by Crippen LogP contribution is 2.12. The number of amides is 2. The van der Waals surface area contributed by atoms with Gasteiger partial charge in [0, 0.05) is 17.2 Å². The Morgan fingerprint density at radius 2 is 1.63 bits per heavy atom. The molecule has 2 amide bonds. The highest BCUT2D eigenvalue weighted by atomic mass is 16.2. The van der Waals surface area contributed by atoms with Crippen LogP contribution in [-0.2, 0) is 4.79 Å². The molecule has 0 spiro atoms. The van der Waals surface area contributed by atoms with E-state index in [9.17, 15) is 9.59 Å². The summed E-state index contributed by atoms with van der Waals surface area (Å²) < 4.78 is 0. The van der Waals surface area contributed by atoms with Crippen molar-refractivity contribution in [1.29, 1.82) is 0 Å². The van der Waals surface area contributed by atoms with Gasteiger partial charge in [0.15, 0.2) is 0 Å². The molecule has 0 bridgehead atoms. The Balaban J connectivity index is 2.05. The summed E-state index contributed by atoms with van der Waals surface area (Å²) in [5.41, 5.74) is 5.68. The third-order valence-corrected chi connectivity index (χ3v) is 4.11. The maximum absolute atomic E-state index is 12.4. The minimum absolute atomic E-state index is 0.0553. The van der Waals surface area contributed by atoms with Crippen molar-refractivity contribution in [2.45, 2.75) is 40.0 Å². The first kappa shape index (κ1) is 20.4. The first-order chi connectivity index (χ1) is 13.0. The van der Waals surface area contributed by atoms with Gasteiger partial charge in [-0.25, -0.2) is 5.43 Å². The van der Waals surface area contributed by atoms with Crippen molar-refractivity contribution >= 4 is 23.2 Å². The van der Waals surface area contributed by atoms with Crippen molar-refractivity contribution in [3.05, 3.63) is 65.7 Å². The average Bonchev–Trinajstić information content (AvgIpc) is 2.69. The summed E-state index contributed by atoms with van der Waals surface area (Å²) in [5.74, 6) is -0.427. The Morgan fingerprint density at radius 1 is 0.963 bits per heavy atom. The van der Waals surface area contributed by atoms with Gasteiger partial charge in [-0.2, -0.15) is 5.10 Å². The molecule has 0 aliphatic rings. The number of hydrazone groups is 1. The topological polar surface area (TPSA) is 70.6 Å². The van der Waals surface area contributed by atoms with Crippen LogP contribution in [0, 0.1) is 5.92 Å². The van der Waals surface area contributed by atoms with Gasteiger partial charge < -0.3 is 5.32 Å². The molecule has 0 aliphatic carbocycles. The van der Waals surface area contributed by atoms with E-state index in [0.29, 0.717) is 11.3 Å². The van der Waals surface area contributed by atoms with Gasteiger partial charge in [-0.05, 0) is 42.7 Å². The molecular weight excluding hydrogens is 338 g/mol. The lowest BCUT2D eigenvalue weighted by atomic mass is 10.1. The van der Waals surface area contributed by atoms with Crippen LogP contribution < -0.4 is 10.7 Å². The fourth-order valence-electron chi connectivity index (χ4n) is 2.41. The van der Waals surface area contributed by atoms with E-state index in [0.717, 1.165) is 30.5 Å². The Labute approximate surface area is 160 Å². The third kappa shape index (κ3) is 6.37. The smallest absolute Gasteiger partial charge is 0.271 e. The van der Waals surface area contributed by atoms with Gasteiger partial charge in [0.25, 0.3) is 5.91 Å². The Bertz CT molecular complexity index is 781. The molecule has 0 saturated carbocycles. The fourth-order valence-corrected chi connectivity index (χ4v) is 2.41. The van der Waals surface area contributed by atoms with Crippen molar-refractivity contribution in [3.63, 3.8) is 0 Å². The van der Waals surface area contributed by atoms with Crippen molar-refractivity contribution in [2.24, 2.45) is 11.0 Å². The Morgan fingerprint density at radius 3 is 2.22 bits per heavy atom. The maximum Gasteiger partial charge on any atom is 0.271 e. The Hall–Kier alpha value is -2.95. The predicted molar refractivity (Wildman–Crippen MR) is 110 cm³/mol. The normalized spacial score (nSPS) is 11.3. The van der Waals surface area contributed by atoms with Gasteiger partial charge in [-0.15, -0.1) is 0 Å². The van der Waals surface area contributed by atoms with E-state index in [1.165, 1.54) is 0 Å². The molecule has 5 heteroatoms. The van der Waals surface area contributed by atoms with Crippen molar-refractivity contribution < 1.29 is 9.59 Å². The molecule has 5 nitrogen and oxygen atoms in total. The minimum atomic E-state index is -0.276. The largest absolute Gasteiger partial charge is 0.326 e. The molecule has 2 rings (SSSR count). The zero-order valence-corrected chi connectivity index (χ0v) is 16.2. The highest BCUT2D eigenvalue weighted by molar-refractivity contribution is 6.02. The molecule has 142 valence electrons. The van der Waals surface area contributed by atoms with Gasteiger partial charge in [0.05, 0.1) is 5.71 Å². The van der Waals surface area contributed by atoms with Gasteiger partial charge in [0.2, 0.25) is 5.91 Å². The van der Waals surface area contributed by atoms with Crippen molar-refractivity contribution in [2.75, 3.05) is 5.32 Å². The molecule has 0 unspecified atom stereocenters. The van der Waals surface area contributed by atoms with Crippen LogP contribution in [-0.4, -0.2) is 17.5 Å². The average molecular weight is 365 g/mol. The lowest BCUT2D eigenvalue weighted by Gasteiger charge is -2.09. The van der Waals surface area contributed by atoms with E-state index in [2.05, 4.69) is 22.8 Å². The number of benzene rings is 2. The summed E-state index contributed by atoms with van der Waals surface area (Å²) >= 11 is 0. The van der Waals surface area contributed by atoms with Crippen LogP contribution in [0.25, 0.3) is 0 Å². The third-order valence-electron chi connectivity index (χ3n) is 4.11. The molecule has 2 aromatic rings. The number of carbonyl (C=O) groups excluding carboxylic acids is 2. The zero-order valence-electron chi connectivity index (χ0n) is 16.2. The second kappa shape index (κ2) is 10.3. The molecule has 0 fully saturated rings. The number of unbranched alkanes of at least 4 members (excludes halogenated alkanes) is 1. The molecule has 0 radical (unpaired) electrons. The van der Waals surface area contributed by atoms with Gasteiger partial charge >= 0.3 is 0 Å². The van der Waals surface area contributed by atoms with E-state index < -0.39 is 0 Å². The molecular formula is C22H27N3O2. The second-order valence-corrected chi connectivity index (χ2v) is 6.69. The Kier molecular flexibility index (Phi) is 7.74. The summed E-state index contributed by atoms with van der Waals surface area (Å²) in [5, 5.41) is 7.15. The van der Waals surface area contributed by atoms with Gasteiger partial charge in [-0.3, -0.25) is 9.59 Å². The number of nitrogens with zero attached hydrogens (tertiary/aromatic N) is 1. The van der Waals surface area contributed by atoms with Gasteiger partial charge in [0.1, 0.15) is 0 Å². The summed E-state index contributed by atoms with van der Waals surface area (Å²) in [6.07, 6.45) is 2.87. The van der Waals surface area contributed by atoms with Gasteiger partial charge in [-0.1, -0.05) is 57.5 Å². The number of carbonyl (C=O) groups is 2. The number of hydrogen-bond donors (Lipinski definition) is 2. The molecule has 2 aromatic carbocycles. The molecule has 2 N–H and O–H groups in total. The van der Waals surface area contributed by atoms with Crippen LogP contribution in [0.3, 0.4) is 0 Å². The van der Waals surface area contributed by atoms with E-state index >= 15 is 0 Å². The van der Waals surface area contributed by atoms with Crippen molar-refractivity contribution in [3.8, 4) is 0 Å². The number of anilines is 1. The van der Waals surface area contributed by atoms with E-state index in [1.807, 2.05) is 44.2 Å². The van der Waals surface area contributed by atoms with Crippen LogP contribution in [0.2, 0.25) is 0 Å². The molecule has 0 aliphatic heterocycles. The summed E-state index contributed by atoms with van der Waals surface area (Å²) in [6.45, 7) is 5.79. The van der Waals surface area contributed by atoms with Crippen LogP contribution in [0.5, 0.6) is 0 Å². The minimum Gasteiger partial charge on any atom is -0.326 e. The van der Waals surface area contributed by atoms with Crippen LogP contribution in [0.4, 0.5) is 5.69 Å². The van der Waals surface area contributed by atoms with Crippen LogP contribution >= 0.6 is 0 Å². The first-order valence-corrected chi connectivity index (χ1v) is 9.34. The standard InChI is InChI=1S/C22H27N3O2/c1-4-5-11-20(17-9-7-6-8-10-17)24-25-22(27)18-12-14-19(15-13-18)23-21(26)16(2)3/h6-10,12-16H,4-5,11H2,1-3H3,(H,23,26)(H,25,27)/b24-20+. The summed E-state index contributed by atoms with van der Waals surface area (Å²) in [7, 11) is 0. The number of nitrogens with one attached hydrogen (secondary N) is 2. The number of rotatable bonds is 8. The number of hydrogen-bond acceptors (Lipinski definition) is 3. The molecule has 27 heavy (non-hydrogen) atoms. The molecule has 0 saturated heterocycles. The first-order valence-electron chi connectivity index (χ1n) is 9.34. The van der Waals surface area contributed by atoms with E-state index in [1.54, 1.807) is 24.3 Å². The summed E-state index contributed by atoms with van der Waals surface area (Å²) in [4.78, 5) is 24.1. The second-order valence-electron chi connectivity index (χ2n) is 6.69. The monoisotopic (exact) mass is 365 g/mol. The quantitative estimate of drug-likeness (QED) is 0.530. The lowest BCUT2D eigenvalue weighted by Crippen LogP contribution is -2.20. The fraction of sp³-hybridized carbons (Fsp3) is 0.318. The summed E-state index contributed by atoms with van der Waals surface area (Å²) in [6, 6.07) is 16.6. The maximum atomic E-state index is 12.4. The molecule has 0 atom stereocenters. The van der Waals surface area contributed by atoms with Crippen LogP contribution in [0.1, 0.15) is 56.0 Å². The predicted octanol–water partition coefficient (Wildman–Crippen LogP) is 4.61.